The van der Waals surface area contributed by atoms with Gasteiger partial charge in [0, 0.05) is 31.5 Å². The average Bonchev–Trinajstić information content (AvgIpc) is 2.88. The van der Waals surface area contributed by atoms with Gasteiger partial charge in [-0.25, -0.2) is 0 Å². The highest BCUT2D eigenvalue weighted by Crippen LogP contribution is 2.39. The molecule has 1 fully saturated rings. The van der Waals surface area contributed by atoms with Crippen LogP contribution in [0.2, 0.25) is 0 Å². The van der Waals surface area contributed by atoms with Gasteiger partial charge in [0.05, 0.1) is 0 Å². The molecule has 2 heterocycles. The molecule has 0 atom stereocenters. The summed E-state index contributed by atoms with van der Waals surface area (Å²) in [6, 6.07) is 22.9. The first-order valence-electron chi connectivity index (χ1n) is 12.8. The Kier molecular flexibility index (Phi) is 6.38. The Bertz CT molecular complexity index is 1280. The molecule has 3 aromatic carbocycles. The zero-order chi connectivity index (χ0) is 25.3. The van der Waals surface area contributed by atoms with Gasteiger partial charge in [-0.2, -0.15) is 0 Å². The van der Waals surface area contributed by atoms with E-state index in [0.717, 1.165) is 35.5 Å². The lowest BCUT2D eigenvalue weighted by Crippen LogP contribution is -2.50. The van der Waals surface area contributed by atoms with Gasteiger partial charge >= 0.3 is 0 Å². The molecular weight excluding hydrogens is 446 g/mol. The summed E-state index contributed by atoms with van der Waals surface area (Å²) in [7, 11) is 0. The fraction of sp³-hybridized carbons (Fsp3) is 0.344. The number of hydrogen-bond acceptors (Lipinski definition) is 3. The van der Waals surface area contributed by atoms with Crippen molar-refractivity contribution in [1.82, 2.24) is 4.90 Å². The van der Waals surface area contributed by atoms with Crippen LogP contribution in [0.15, 0.2) is 72.8 Å². The number of ether oxygens (including phenoxy) is 2. The number of nitrogens with zero attached hydrogens (tertiary/aromatic N) is 1. The van der Waals surface area contributed by atoms with E-state index in [9.17, 15) is 4.79 Å². The number of rotatable bonds is 4. The predicted molar refractivity (Wildman–Crippen MR) is 145 cm³/mol. The van der Waals surface area contributed by atoms with Gasteiger partial charge in [0.1, 0.15) is 17.1 Å². The minimum atomic E-state index is -0.352. The lowest BCUT2D eigenvalue weighted by atomic mass is 9.85. The number of fused-ring (bicyclic) bond motifs is 1. The van der Waals surface area contributed by atoms with E-state index >= 15 is 0 Å². The third-order valence-corrected chi connectivity index (χ3v) is 7.25. The molecule has 5 rings (SSSR count). The molecule has 3 aromatic rings. The van der Waals surface area contributed by atoms with Crippen LogP contribution in [0.25, 0.3) is 17.2 Å². The molecular formula is C32H35NO3. The Morgan fingerprint density at radius 3 is 2.44 bits per heavy atom. The smallest absolute Gasteiger partial charge is 0.260 e. The largest absolute Gasteiger partial charge is 0.483 e. The summed E-state index contributed by atoms with van der Waals surface area (Å²) >= 11 is 0. The van der Waals surface area contributed by atoms with Gasteiger partial charge in [0.25, 0.3) is 5.91 Å². The van der Waals surface area contributed by atoms with E-state index < -0.39 is 0 Å². The Labute approximate surface area is 214 Å². The van der Waals surface area contributed by atoms with Gasteiger partial charge in [-0.05, 0) is 53.3 Å². The third-order valence-electron chi connectivity index (χ3n) is 7.25. The summed E-state index contributed by atoms with van der Waals surface area (Å²) in [4.78, 5) is 14.9. The van der Waals surface area contributed by atoms with Crippen molar-refractivity contribution in [1.29, 1.82) is 0 Å². The third kappa shape index (κ3) is 5.04. The molecule has 0 N–H and O–H groups in total. The zero-order valence-electron chi connectivity index (χ0n) is 21.7. The van der Waals surface area contributed by atoms with Crippen molar-refractivity contribution in [2.24, 2.45) is 0 Å². The SMILES string of the molecule is Cc1ccc(OCC(=O)N2CCC3(C=Cc4cc(-c5ccccc5)ccc4O3)CC2)c(C(C)(C)C)c1. The Hall–Kier alpha value is -3.53. The van der Waals surface area contributed by atoms with Crippen LogP contribution in [0.3, 0.4) is 0 Å². The van der Waals surface area contributed by atoms with E-state index in [1.807, 2.05) is 23.1 Å². The average molecular weight is 482 g/mol. The van der Waals surface area contributed by atoms with Crippen molar-refractivity contribution >= 4 is 12.0 Å². The lowest BCUT2D eigenvalue weighted by Gasteiger charge is -2.42. The van der Waals surface area contributed by atoms with Crippen LogP contribution < -0.4 is 9.47 Å². The number of piperidine rings is 1. The van der Waals surface area contributed by atoms with E-state index in [1.54, 1.807) is 0 Å². The summed E-state index contributed by atoms with van der Waals surface area (Å²) in [5.41, 5.74) is 5.40. The molecule has 0 unspecified atom stereocenters. The Morgan fingerprint density at radius 2 is 1.72 bits per heavy atom. The van der Waals surface area contributed by atoms with Crippen LogP contribution >= 0.6 is 0 Å². The van der Waals surface area contributed by atoms with E-state index in [0.29, 0.717) is 13.1 Å². The second-order valence-electron chi connectivity index (χ2n) is 11.0. The fourth-order valence-electron chi connectivity index (χ4n) is 5.07. The van der Waals surface area contributed by atoms with Crippen molar-refractivity contribution in [3.05, 3.63) is 89.5 Å². The number of hydrogen-bond donors (Lipinski definition) is 0. The van der Waals surface area contributed by atoms with E-state index in [4.69, 9.17) is 9.47 Å². The van der Waals surface area contributed by atoms with E-state index in [1.165, 1.54) is 16.7 Å². The minimum Gasteiger partial charge on any atom is -0.483 e. The molecule has 0 saturated carbocycles. The molecule has 0 aromatic heterocycles. The number of carbonyl (C=O) groups excluding carboxylic acids is 1. The molecule has 0 radical (unpaired) electrons. The zero-order valence-corrected chi connectivity index (χ0v) is 21.7. The molecule has 0 aliphatic carbocycles. The summed E-state index contributed by atoms with van der Waals surface area (Å²) in [5, 5.41) is 0. The van der Waals surface area contributed by atoms with Gasteiger partial charge in [-0.15, -0.1) is 0 Å². The van der Waals surface area contributed by atoms with Crippen molar-refractivity contribution in [2.75, 3.05) is 19.7 Å². The highest BCUT2D eigenvalue weighted by molar-refractivity contribution is 5.78. The second-order valence-corrected chi connectivity index (χ2v) is 11.0. The highest BCUT2D eigenvalue weighted by Gasteiger charge is 2.38. The molecule has 4 nitrogen and oxygen atoms in total. The topological polar surface area (TPSA) is 38.8 Å². The first-order chi connectivity index (χ1) is 17.2. The maximum atomic E-state index is 13.0. The molecule has 0 bridgehead atoms. The summed E-state index contributed by atoms with van der Waals surface area (Å²) < 4.78 is 12.5. The van der Waals surface area contributed by atoms with Crippen LogP contribution in [-0.4, -0.2) is 36.1 Å². The lowest BCUT2D eigenvalue weighted by molar-refractivity contribution is -0.136. The maximum Gasteiger partial charge on any atom is 0.260 e. The van der Waals surface area contributed by atoms with Gasteiger partial charge in [-0.3, -0.25) is 4.79 Å². The molecule has 2 aliphatic heterocycles. The van der Waals surface area contributed by atoms with E-state index in [-0.39, 0.29) is 23.5 Å². The van der Waals surface area contributed by atoms with Gasteiger partial charge in [-0.1, -0.05) is 80.9 Å². The first kappa shape index (κ1) is 24.2. The predicted octanol–water partition coefficient (Wildman–Crippen LogP) is 6.81. The van der Waals surface area contributed by atoms with Crippen molar-refractivity contribution < 1.29 is 14.3 Å². The molecule has 1 saturated heterocycles. The number of benzene rings is 3. The summed E-state index contributed by atoms with van der Waals surface area (Å²) in [5.74, 6) is 1.73. The van der Waals surface area contributed by atoms with Gasteiger partial charge in [0.2, 0.25) is 0 Å². The first-order valence-corrected chi connectivity index (χ1v) is 12.8. The molecule has 2 aliphatic rings. The number of aryl methyl sites for hydroxylation is 1. The fourth-order valence-corrected chi connectivity index (χ4v) is 5.07. The van der Waals surface area contributed by atoms with Crippen molar-refractivity contribution in [3.8, 4) is 22.6 Å². The van der Waals surface area contributed by atoms with Crippen LogP contribution in [0.1, 0.15) is 50.3 Å². The number of likely N-dealkylation sites (tertiary alicyclic amines) is 1. The molecule has 1 spiro atoms. The minimum absolute atomic E-state index is 0.0259. The van der Waals surface area contributed by atoms with Crippen LogP contribution in [0.4, 0.5) is 0 Å². The van der Waals surface area contributed by atoms with E-state index in [2.05, 4.69) is 88.4 Å². The standard InChI is InChI=1S/C32H35NO3/c1-23-10-12-29(27(20-23)31(2,3)4)35-22-30(34)33-18-16-32(17-19-33)15-14-26-21-25(11-13-28(26)36-32)24-8-6-5-7-9-24/h5-15,20-21H,16-19,22H2,1-4H3. The molecule has 186 valence electrons. The van der Waals surface area contributed by atoms with Crippen molar-refractivity contribution in [2.45, 2.75) is 51.6 Å². The van der Waals surface area contributed by atoms with Crippen LogP contribution in [0, 0.1) is 6.92 Å². The summed E-state index contributed by atoms with van der Waals surface area (Å²) in [6.07, 6.45) is 5.90. The summed E-state index contributed by atoms with van der Waals surface area (Å²) in [6.45, 7) is 9.95. The quantitative estimate of drug-likeness (QED) is 0.411. The van der Waals surface area contributed by atoms with Crippen LogP contribution in [-0.2, 0) is 10.2 Å². The normalized spacial score (nSPS) is 16.4. The number of carbonyl (C=O) groups is 1. The van der Waals surface area contributed by atoms with Gasteiger partial charge < -0.3 is 14.4 Å². The van der Waals surface area contributed by atoms with Crippen LogP contribution in [0.5, 0.6) is 11.5 Å². The Morgan fingerprint density at radius 1 is 0.972 bits per heavy atom. The highest BCUT2D eigenvalue weighted by atomic mass is 16.5. The molecule has 4 heteroatoms. The number of amides is 1. The maximum absolute atomic E-state index is 13.0. The molecule has 36 heavy (non-hydrogen) atoms. The second kappa shape index (κ2) is 9.50. The van der Waals surface area contributed by atoms with Crippen molar-refractivity contribution in [3.63, 3.8) is 0 Å². The monoisotopic (exact) mass is 481 g/mol. The molecule has 1 amide bonds. The van der Waals surface area contributed by atoms with Gasteiger partial charge in [0.15, 0.2) is 6.61 Å². The Balaban J connectivity index is 1.20.